The predicted octanol–water partition coefficient (Wildman–Crippen LogP) is 5.44. The Morgan fingerprint density at radius 3 is 1.55 bits per heavy atom. The van der Waals surface area contributed by atoms with Crippen LogP contribution >= 0.6 is 0 Å². The minimum absolute atomic E-state index is 0.180. The van der Waals surface area contributed by atoms with E-state index in [0.717, 1.165) is 36.8 Å². The molecule has 1 nitrogen and oxygen atoms in total. The summed E-state index contributed by atoms with van der Waals surface area (Å²) in [6, 6.07) is 12.2. The molecule has 0 spiro atoms. The van der Waals surface area contributed by atoms with Crippen LogP contribution in [0.2, 0.25) is 0 Å². The Morgan fingerprint density at radius 2 is 1.18 bits per heavy atom. The average molecular weight is 294 g/mol. The molecule has 2 rings (SSSR count). The summed E-state index contributed by atoms with van der Waals surface area (Å²) >= 11 is 0. The van der Waals surface area contributed by atoms with Crippen LogP contribution in [0.4, 0.5) is 0 Å². The van der Waals surface area contributed by atoms with Gasteiger partial charge in [0, 0.05) is 11.1 Å². The van der Waals surface area contributed by atoms with Gasteiger partial charge >= 0.3 is 0 Å². The number of carbonyl (C=O) groups excluding carboxylic acids is 1. The highest BCUT2D eigenvalue weighted by atomic mass is 16.1. The minimum Gasteiger partial charge on any atom is -0.289 e. The molecule has 0 heterocycles. The van der Waals surface area contributed by atoms with E-state index in [0.29, 0.717) is 0 Å². The van der Waals surface area contributed by atoms with E-state index in [4.69, 9.17) is 0 Å². The van der Waals surface area contributed by atoms with Crippen molar-refractivity contribution in [2.75, 3.05) is 0 Å². The number of hydrogen-bond acceptors (Lipinski definition) is 1. The molecule has 2 aromatic carbocycles. The molecule has 0 aromatic heterocycles. The van der Waals surface area contributed by atoms with Gasteiger partial charge in [0.2, 0.25) is 0 Å². The maximum absolute atomic E-state index is 13.1. The van der Waals surface area contributed by atoms with Gasteiger partial charge in [0.1, 0.15) is 0 Å². The molecule has 0 fully saturated rings. The van der Waals surface area contributed by atoms with E-state index in [1.807, 2.05) is 24.3 Å². The second kappa shape index (κ2) is 7.40. The van der Waals surface area contributed by atoms with Crippen molar-refractivity contribution in [3.8, 4) is 0 Å². The van der Waals surface area contributed by atoms with Crippen molar-refractivity contribution < 1.29 is 4.79 Å². The molecule has 0 saturated heterocycles. The van der Waals surface area contributed by atoms with Crippen molar-refractivity contribution in [1.29, 1.82) is 0 Å². The zero-order chi connectivity index (χ0) is 16.1. The zero-order valence-corrected chi connectivity index (χ0v) is 14.2. The molecule has 0 aliphatic rings. The van der Waals surface area contributed by atoms with Crippen LogP contribution in [0.3, 0.4) is 0 Å². The smallest absolute Gasteiger partial charge is 0.193 e. The Hall–Kier alpha value is -1.89. The molecule has 0 atom stereocenters. The van der Waals surface area contributed by atoms with E-state index in [9.17, 15) is 4.79 Å². The number of hydrogen-bond donors (Lipinski definition) is 0. The average Bonchev–Trinajstić information content (AvgIpc) is 2.51. The normalized spacial score (nSPS) is 10.7. The molecule has 0 unspecified atom stereocenters. The first kappa shape index (κ1) is 16.5. The van der Waals surface area contributed by atoms with Crippen molar-refractivity contribution in [2.24, 2.45) is 0 Å². The second-order valence-electron chi connectivity index (χ2n) is 6.03. The van der Waals surface area contributed by atoms with E-state index < -0.39 is 0 Å². The fourth-order valence-corrected chi connectivity index (χ4v) is 3.14. The van der Waals surface area contributed by atoms with Gasteiger partial charge < -0.3 is 0 Å². The van der Waals surface area contributed by atoms with Gasteiger partial charge in [-0.25, -0.2) is 0 Å². The largest absolute Gasteiger partial charge is 0.289 e. The van der Waals surface area contributed by atoms with Gasteiger partial charge in [-0.2, -0.15) is 0 Å². The van der Waals surface area contributed by atoms with Crippen molar-refractivity contribution in [2.45, 2.75) is 53.4 Å². The van der Waals surface area contributed by atoms with Crippen LogP contribution in [-0.2, 0) is 12.8 Å². The quantitative estimate of drug-likeness (QED) is 0.648. The van der Waals surface area contributed by atoms with Crippen molar-refractivity contribution in [3.63, 3.8) is 0 Å². The van der Waals surface area contributed by atoms with Crippen LogP contribution in [0.5, 0.6) is 0 Å². The zero-order valence-electron chi connectivity index (χ0n) is 14.2. The van der Waals surface area contributed by atoms with Crippen LogP contribution in [0.1, 0.15) is 64.9 Å². The first-order valence-electron chi connectivity index (χ1n) is 8.31. The summed E-state index contributed by atoms with van der Waals surface area (Å²) in [6.07, 6.45) is 4.03. The number of aryl methyl sites for hydroxylation is 2. The summed E-state index contributed by atoms with van der Waals surface area (Å²) in [6.45, 7) is 8.53. The maximum atomic E-state index is 13.1. The lowest BCUT2D eigenvalue weighted by Gasteiger charge is -2.15. The first-order chi connectivity index (χ1) is 10.6. The fraction of sp³-hybridized carbons (Fsp3) is 0.381. The molecule has 22 heavy (non-hydrogen) atoms. The summed E-state index contributed by atoms with van der Waals surface area (Å²) in [4.78, 5) is 13.1. The summed E-state index contributed by atoms with van der Waals surface area (Å²) < 4.78 is 0. The van der Waals surface area contributed by atoms with Gasteiger partial charge in [-0.15, -0.1) is 0 Å². The third kappa shape index (κ3) is 3.30. The molecule has 1 heteroatoms. The highest BCUT2D eigenvalue weighted by Gasteiger charge is 2.18. The standard InChI is InChI=1S/C21H26O/c1-5-9-17-15(3)11-7-13-19(17)21(22)20-14-8-12-16(4)18(20)10-6-2/h7-8,11-14H,5-6,9-10H2,1-4H3. The third-order valence-corrected chi connectivity index (χ3v) is 4.31. The predicted molar refractivity (Wildman–Crippen MR) is 93.8 cm³/mol. The lowest BCUT2D eigenvalue weighted by atomic mass is 9.88. The third-order valence-electron chi connectivity index (χ3n) is 4.31. The first-order valence-corrected chi connectivity index (χ1v) is 8.31. The fourth-order valence-electron chi connectivity index (χ4n) is 3.14. The molecule has 0 bridgehead atoms. The number of carbonyl (C=O) groups is 1. The van der Waals surface area contributed by atoms with Gasteiger partial charge in [-0.3, -0.25) is 4.79 Å². The Bertz CT molecular complexity index is 610. The Kier molecular flexibility index (Phi) is 5.54. The maximum Gasteiger partial charge on any atom is 0.193 e. The molecule has 0 saturated carbocycles. The SMILES string of the molecule is CCCc1c(C)cccc1C(=O)c1cccc(C)c1CCC. The number of rotatable bonds is 6. The van der Waals surface area contributed by atoms with E-state index in [1.54, 1.807) is 0 Å². The van der Waals surface area contributed by atoms with Gasteiger partial charge in [0.15, 0.2) is 5.78 Å². The summed E-state index contributed by atoms with van der Waals surface area (Å²) in [5, 5.41) is 0. The van der Waals surface area contributed by atoms with Gasteiger partial charge in [0.05, 0.1) is 0 Å². The highest BCUT2D eigenvalue weighted by Crippen LogP contribution is 2.24. The van der Waals surface area contributed by atoms with Crippen LogP contribution in [0, 0.1) is 13.8 Å². The molecular formula is C21H26O. The monoisotopic (exact) mass is 294 g/mol. The van der Waals surface area contributed by atoms with Gasteiger partial charge in [-0.05, 0) is 48.9 Å². The molecule has 0 aliphatic carbocycles. The Labute approximate surface area is 134 Å². The summed E-state index contributed by atoms with van der Waals surface area (Å²) in [5.74, 6) is 0.180. The van der Waals surface area contributed by atoms with Gasteiger partial charge in [0.25, 0.3) is 0 Å². The lowest BCUT2D eigenvalue weighted by molar-refractivity contribution is 0.103. The van der Waals surface area contributed by atoms with Crippen molar-refractivity contribution in [1.82, 2.24) is 0 Å². The van der Waals surface area contributed by atoms with Crippen molar-refractivity contribution >= 4 is 5.78 Å². The van der Waals surface area contributed by atoms with Crippen LogP contribution in [-0.4, -0.2) is 5.78 Å². The van der Waals surface area contributed by atoms with Crippen LogP contribution in [0.15, 0.2) is 36.4 Å². The number of benzene rings is 2. The van der Waals surface area contributed by atoms with Crippen molar-refractivity contribution in [3.05, 3.63) is 69.8 Å². The topological polar surface area (TPSA) is 17.1 Å². The van der Waals surface area contributed by atoms with Gasteiger partial charge in [-0.1, -0.05) is 63.1 Å². The lowest BCUT2D eigenvalue weighted by Crippen LogP contribution is -2.10. The van der Waals surface area contributed by atoms with E-state index in [1.165, 1.54) is 22.3 Å². The van der Waals surface area contributed by atoms with E-state index in [2.05, 4.69) is 39.8 Å². The highest BCUT2D eigenvalue weighted by molar-refractivity contribution is 6.11. The second-order valence-corrected chi connectivity index (χ2v) is 6.03. The molecule has 0 aliphatic heterocycles. The summed E-state index contributed by atoms with van der Waals surface area (Å²) in [7, 11) is 0. The summed E-state index contributed by atoms with van der Waals surface area (Å²) in [5.41, 5.74) is 6.61. The van der Waals surface area contributed by atoms with Crippen LogP contribution < -0.4 is 0 Å². The minimum atomic E-state index is 0.180. The molecular weight excluding hydrogens is 268 g/mol. The molecule has 2 aromatic rings. The van der Waals surface area contributed by atoms with E-state index >= 15 is 0 Å². The molecule has 0 amide bonds. The Balaban J connectivity index is 2.54. The van der Waals surface area contributed by atoms with Crippen LogP contribution in [0.25, 0.3) is 0 Å². The van der Waals surface area contributed by atoms with E-state index in [-0.39, 0.29) is 5.78 Å². The molecule has 0 N–H and O–H groups in total. The Morgan fingerprint density at radius 1 is 0.773 bits per heavy atom. The molecule has 0 radical (unpaired) electrons. The number of ketones is 1. The molecule has 116 valence electrons.